The average Bonchev–Trinajstić information content (AvgIpc) is 3.17. The van der Waals surface area contributed by atoms with Crippen molar-refractivity contribution < 1.29 is 22.8 Å². The molecule has 0 saturated heterocycles. The van der Waals surface area contributed by atoms with Crippen LogP contribution in [0.3, 0.4) is 0 Å². The van der Waals surface area contributed by atoms with Crippen LogP contribution in [-0.2, 0) is 14.8 Å². The summed E-state index contributed by atoms with van der Waals surface area (Å²) in [4.78, 5) is 15.8. The van der Waals surface area contributed by atoms with Gasteiger partial charge in [0.2, 0.25) is 21.7 Å². The van der Waals surface area contributed by atoms with Crippen LogP contribution >= 0.6 is 0 Å². The smallest absolute Gasteiger partial charge is 0.304 e. The Morgan fingerprint density at radius 2 is 1.93 bits per heavy atom. The molecule has 0 bridgehead atoms. The molecule has 8 nitrogen and oxygen atoms in total. The summed E-state index contributed by atoms with van der Waals surface area (Å²) in [6.07, 6.45) is 10.3. The van der Waals surface area contributed by atoms with Crippen LogP contribution in [0.5, 0.6) is 0 Å². The van der Waals surface area contributed by atoms with Crippen molar-refractivity contribution in [3.05, 3.63) is 30.2 Å². The number of nitrogens with one attached hydrogen (secondary N) is 1. The lowest BCUT2D eigenvalue weighted by Crippen LogP contribution is -2.10. The number of hydrogen-bond donors (Lipinski definition) is 2. The third kappa shape index (κ3) is 6.83. The van der Waals surface area contributed by atoms with Crippen molar-refractivity contribution in [2.45, 2.75) is 63.7 Å². The molecule has 1 aliphatic rings. The van der Waals surface area contributed by atoms with Crippen LogP contribution in [0.25, 0.3) is 11.4 Å². The quantitative estimate of drug-likeness (QED) is 0.566. The molecule has 1 aromatic carbocycles. The minimum Gasteiger partial charge on any atom is -0.481 e. The van der Waals surface area contributed by atoms with Crippen LogP contribution in [0.4, 0.5) is 5.69 Å². The molecule has 1 heterocycles. The molecule has 0 spiro atoms. The van der Waals surface area contributed by atoms with Gasteiger partial charge in [0.15, 0.2) is 0 Å². The molecule has 0 radical (unpaired) electrons. The maximum Gasteiger partial charge on any atom is 0.304 e. The van der Waals surface area contributed by atoms with Crippen molar-refractivity contribution in [3.8, 4) is 11.4 Å². The molecule has 1 atom stereocenters. The highest BCUT2D eigenvalue weighted by Gasteiger charge is 2.23. The molecule has 9 heteroatoms. The minimum atomic E-state index is -3.35. The Morgan fingerprint density at radius 1 is 1.23 bits per heavy atom. The van der Waals surface area contributed by atoms with Gasteiger partial charge in [0.25, 0.3) is 0 Å². The van der Waals surface area contributed by atoms with E-state index in [1.165, 1.54) is 32.1 Å². The maximum atomic E-state index is 11.3. The molecule has 3 rings (SSSR count). The molecule has 164 valence electrons. The fourth-order valence-electron chi connectivity index (χ4n) is 4.07. The van der Waals surface area contributed by atoms with Crippen LogP contribution in [-0.4, -0.2) is 35.9 Å². The van der Waals surface area contributed by atoms with E-state index in [4.69, 9.17) is 4.52 Å². The number of nitrogens with zero attached hydrogens (tertiary/aromatic N) is 2. The SMILES string of the molecule is CS(=O)(=O)Nc1ccc(-c2noc([C@H](CCCC3CCCCC3)CC(=O)O)n2)cc1. The van der Waals surface area contributed by atoms with Crippen LogP contribution < -0.4 is 4.72 Å². The Balaban J connectivity index is 1.64. The summed E-state index contributed by atoms with van der Waals surface area (Å²) in [6.45, 7) is 0. The Hall–Kier alpha value is -2.42. The zero-order valence-corrected chi connectivity index (χ0v) is 18.0. The number of anilines is 1. The lowest BCUT2D eigenvalue weighted by molar-refractivity contribution is -0.137. The highest BCUT2D eigenvalue weighted by Crippen LogP contribution is 2.31. The van der Waals surface area contributed by atoms with E-state index in [2.05, 4.69) is 14.9 Å². The van der Waals surface area contributed by atoms with Crippen LogP contribution in [0.15, 0.2) is 28.8 Å². The third-order valence-corrected chi connectivity index (χ3v) is 6.15. The molecule has 1 saturated carbocycles. The number of rotatable bonds is 10. The number of sulfonamides is 1. The van der Waals surface area contributed by atoms with E-state index in [0.29, 0.717) is 29.4 Å². The molecular formula is C21H29N3O5S. The van der Waals surface area contributed by atoms with Crippen molar-refractivity contribution in [3.63, 3.8) is 0 Å². The van der Waals surface area contributed by atoms with Gasteiger partial charge in [0.1, 0.15) is 0 Å². The zero-order valence-electron chi connectivity index (χ0n) is 17.2. The van der Waals surface area contributed by atoms with Crippen molar-refractivity contribution in [1.82, 2.24) is 10.1 Å². The van der Waals surface area contributed by atoms with E-state index in [-0.39, 0.29) is 12.3 Å². The fourth-order valence-corrected chi connectivity index (χ4v) is 4.64. The van der Waals surface area contributed by atoms with Gasteiger partial charge in [-0.2, -0.15) is 4.98 Å². The van der Waals surface area contributed by atoms with E-state index in [9.17, 15) is 18.3 Å². The van der Waals surface area contributed by atoms with Crippen LogP contribution in [0.1, 0.15) is 69.6 Å². The van der Waals surface area contributed by atoms with Gasteiger partial charge < -0.3 is 9.63 Å². The molecule has 1 aliphatic carbocycles. The third-order valence-electron chi connectivity index (χ3n) is 5.55. The van der Waals surface area contributed by atoms with Crippen molar-refractivity contribution >= 4 is 21.7 Å². The Morgan fingerprint density at radius 3 is 2.57 bits per heavy atom. The minimum absolute atomic E-state index is 0.0382. The number of carboxylic acid groups (broad SMARTS) is 1. The first kappa shape index (κ1) is 22.3. The number of hydrogen-bond acceptors (Lipinski definition) is 6. The van der Waals surface area contributed by atoms with Crippen LogP contribution in [0.2, 0.25) is 0 Å². The van der Waals surface area contributed by atoms with Crippen LogP contribution in [0, 0.1) is 5.92 Å². The predicted molar refractivity (Wildman–Crippen MR) is 114 cm³/mol. The van der Waals surface area contributed by atoms with E-state index < -0.39 is 16.0 Å². The molecule has 2 aromatic rings. The number of aromatic nitrogens is 2. The van der Waals surface area contributed by atoms with Crippen molar-refractivity contribution in [2.24, 2.45) is 5.92 Å². The normalized spacial score (nSPS) is 16.3. The molecular weight excluding hydrogens is 406 g/mol. The summed E-state index contributed by atoms with van der Waals surface area (Å²) < 4.78 is 30.4. The van der Waals surface area contributed by atoms with Gasteiger partial charge in [-0.3, -0.25) is 9.52 Å². The van der Waals surface area contributed by atoms with Gasteiger partial charge in [-0.25, -0.2) is 8.42 Å². The Kier molecular flexibility index (Phi) is 7.47. The van der Waals surface area contributed by atoms with E-state index >= 15 is 0 Å². The fraction of sp³-hybridized carbons (Fsp3) is 0.571. The molecule has 1 aromatic heterocycles. The van der Waals surface area contributed by atoms with Gasteiger partial charge in [0, 0.05) is 17.2 Å². The standard InChI is InChI=1S/C21H29N3O5S/c1-30(27,28)24-18-12-10-16(11-13-18)20-22-21(29-23-20)17(14-19(25)26)9-5-8-15-6-3-2-4-7-15/h10-13,15,17,24H,2-9,14H2,1H3,(H,25,26)/t17-/m1/s1. The van der Waals surface area contributed by atoms with Gasteiger partial charge >= 0.3 is 5.97 Å². The molecule has 30 heavy (non-hydrogen) atoms. The molecule has 2 N–H and O–H groups in total. The molecule has 0 amide bonds. The molecule has 1 fully saturated rings. The van der Waals surface area contributed by atoms with Gasteiger partial charge in [0.05, 0.1) is 12.7 Å². The second kappa shape index (κ2) is 10.1. The summed E-state index contributed by atoms with van der Waals surface area (Å²) in [5.74, 6) is 0.265. The zero-order chi connectivity index (χ0) is 21.6. The monoisotopic (exact) mass is 435 g/mol. The van der Waals surface area contributed by atoms with Crippen molar-refractivity contribution in [1.29, 1.82) is 0 Å². The lowest BCUT2D eigenvalue weighted by atomic mass is 9.84. The number of aliphatic carboxylic acids is 1. The first-order valence-corrected chi connectivity index (χ1v) is 12.3. The van der Waals surface area contributed by atoms with Gasteiger partial charge in [-0.15, -0.1) is 0 Å². The maximum absolute atomic E-state index is 11.3. The highest BCUT2D eigenvalue weighted by atomic mass is 32.2. The number of carbonyl (C=O) groups is 1. The van der Waals surface area contributed by atoms with Gasteiger partial charge in [-0.05, 0) is 36.6 Å². The summed E-state index contributed by atoms with van der Waals surface area (Å²) in [7, 11) is -3.35. The highest BCUT2D eigenvalue weighted by molar-refractivity contribution is 7.92. The summed E-state index contributed by atoms with van der Waals surface area (Å²) >= 11 is 0. The Labute approximate surface area is 177 Å². The topological polar surface area (TPSA) is 122 Å². The Bertz CT molecular complexity index is 934. The van der Waals surface area contributed by atoms with Gasteiger partial charge in [-0.1, -0.05) is 50.1 Å². The summed E-state index contributed by atoms with van der Waals surface area (Å²) in [5.41, 5.74) is 1.11. The molecule has 0 aliphatic heterocycles. The van der Waals surface area contributed by atoms with E-state index in [1.807, 2.05) is 0 Å². The largest absolute Gasteiger partial charge is 0.481 e. The summed E-state index contributed by atoms with van der Waals surface area (Å²) in [6, 6.07) is 6.62. The second-order valence-electron chi connectivity index (χ2n) is 8.14. The lowest BCUT2D eigenvalue weighted by Gasteiger charge is -2.21. The van der Waals surface area contributed by atoms with Crippen molar-refractivity contribution in [2.75, 3.05) is 11.0 Å². The van der Waals surface area contributed by atoms with E-state index in [1.54, 1.807) is 24.3 Å². The predicted octanol–water partition coefficient (Wildman–Crippen LogP) is 4.42. The second-order valence-corrected chi connectivity index (χ2v) is 9.89. The van der Waals surface area contributed by atoms with E-state index in [0.717, 1.165) is 25.0 Å². The first-order valence-electron chi connectivity index (χ1n) is 10.4. The first-order chi connectivity index (χ1) is 14.3. The average molecular weight is 436 g/mol. The molecule has 0 unspecified atom stereocenters. The number of benzene rings is 1. The number of carboxylic acids is 1. The summed E-state index contributed by atoms with van der Waals surface area (Å²) in [5, 5.41) is 13.3.